The first kappa shape index (κ1) is 15.2. The SMILES string of the molecule is CNS(=O)(=O)c1ccc(CNC(C)CC(C)C)o1. The van der Waals surface area contributed by atoms with E-state index in [4.69, 9.17) is 4.42 Å². The first-order valence-electron chi connectivity index (χ1n) is 6.10. The van der Waals surface area contributed by atoms with Crippen LogP contribution in [-0.4, -0.2) is 21.5 Å². The molecule has 2 N–H and O–H groups in total. The normalized spacial score (nSPS) is 14.1. The van der Waals surface area contributed by atoms with Gasteiger partial charge < -0.3 is 9.73 Å². The second-order valence-corrected chi connectivity index (χ2v) is 6.66. The number of nitrogens with one attached hydrogen (secondary N) is 2. The maximum Gasteiger partial charge on any atom is 0.273 e. The Balaban J connectivity index is 2.55. The summed E-state index contributed by atoms with van der Waals surface area (Å²) in [5.74, 6) is 1.25. The molecule has 0 spiro atoms. The van der Waals surface area contributed by atoms with Crippen molar-refractivity contribution >= 4 is 10.0 Å². The lowest BCUT2D eigenvalue weighted by atomic mass is 10.1. The third-order valence-electron chi connectivity index (χ3n) is 2.62. The van der Waals surface area contributed by atoms with Crippen molar-refractivity contribution in [2.24, 2.45) is 5.92 Å². The van der Waals surface area contributed by atoms with Crippen LogP contribution in [0.2, 0.25) is 0 Å². The molecule has 1 aromatic rings. The molecule has 0 amide bonds. The molecule has 104 valence electrons. The first-order chi connectivity index (χ1) is 8.35. The Labute approximate surface area is 109 Å². The molecule has 5 nitrogen and oxygen atoms in total. The average Bonchev–Trinajstić information content (AvgIpc) is 2.74. The van der Waals surface area contributed by atoms with Crippen molar-refractivity contribution in [1.82, 2.24) is 10.0 Å². The zero-order valence-corrected chi connectivity index (χ0v) is 12.2. The number of hydrogen-bond acceptors (Lipinski definition) is 4. The molecule has 0 saturated carbocycles. The Morgan fingerprint density at radius 2 is 1.94 bits per heavy atom. The van der Waals surface area contributed by atoms with Crippen LogP contribution in [0.3, 0.4) is 0 Å². The van der Waals surface area contributed by atoms with Gasteiger partial charge in [0.05, 0.1) is 6.54 Å². The predicted octanol–water partition coefficient (Wildman–Crippen LogP) is 1.71. The van der Waals surface area contributed by atoms with E-state index in [0.717, 1.165) is 6.42 Å². The van der Waals surface area contributed by atoms with Crippen molar-refractivity contribution in [2.75, 3.05) is 7.05 Å². The molecule has 1 heterocycles. The summed E-state index contributed by atoms with van der Waals surface area (Å²) in [6.45, 7) is 6.98. The van der Waals surface area contributed by atoms with Crippen LogP contribution in [-0.2, 0) is 16.6 Å². The number of sulfonamides is 1. The third kappa shape index (κ3) is 4.44. The third-order valence-corrected chi connectivity index (χ3v) is 3.91. The molecule has 0 aromatic carbocycles. The Bertz CT molecular complexity index is 465. The molecule has 1 rings (SSSR count). The summed E-state index contributed by atoms with van der Waals surface area (Å²) in [6, 6.07) is 3.52. The second-order valence-electron chi connectivity index (χ2n) is 4.84. The molecule has 0 aliphatic heterocycles. The van der Waals surface area contributed by atoms with Gasteiger partial charge in [0.25, 0.3) is 10.0 Å². The van der Waals surface area contributed by atoms with E-state index >= 15 is 0 Å². The molecule has 1 aromatic heterocycles. The topological polar surface area (TPSA) is 71.3 Å². The van der Waals surface area contributed by atoms with Crippen molar-refractivity contribution in [2.45, 2.75) is 44.9 Å². The van der Waals surface area contributed by atoms with E-state index in [0.29, 0.717) is 24.3 Å². The lowest BCUT2D eigenvalue weighted by Crippen LogP contribution is -2.26. The zero-order chi connectivity index (χ0) is 13.8. The maximum absolute atomic E-state index is 11.5. The van der Waals surface area contributed by atoms with Crippen molar-refractivity contribution in [3.8, 4) is 0 Å². The van der Waals surface area contributed by atoms with Gasteiger partial charge in [-0.3, -0.25) is 0 Å². The molecule has 1 atom stereocenters. The zero-order valence-electron chi connectivity index (χ0n) is 11.4. The van der Waals surface area contributed by atoms with Crippen LogP contribution < -0.4 is 10.0 Å². The summed E-state index contributed by atoms with van der Waals surface area (Å²) < 4.78 is 30.4. The smallest absolute Gasteiger partial charge is 0.273 e. The highest BCUT2D eigenvalue weighted by atomic mass is 32.2. The van der Waals surface area contributed by atoms with Crippen LogP contribution in [0.1, 0.15) is 33.0 Å². The van der Waals surface area contributed by atoms with Crippen LogP contribution in [0.25, 0.3) is 0 Å². The van der Waals surface area contributed by atoms with Crippen LogP contribution in [0, 0.1) is 5.92 Å². The fraction of sp³-hybridized carbons (Fsp3) is 0.667. The van der Waals surface area contributed by atoms with Crippen molar-refractivity contribution in [3.05, 3.63) is 17.9 Å². The highest BCUT2D eigenvalue weighted by Gasteiger charge is 2.16. The molecule has 0 aliphatic carbocycles. The van der Waals surface area contributed by atoms with Crippen LogP contribution in [0.4, 0.5) is 0 Å². The Morgan fingerprint density at radius 1 is 1.28 bits per heavy atom. The van der Waals surface area contributed by atoms with Crippen molar-refractivity contribution in [3.63, 3.8) is 0 Å². The summed E-state index contributed by atoms with van der Waals surface area (Å²) in [4.78, 5) is 0. The molecule has 0 fully saturated rings. The molecule has 1 unspecified atom stereocenters. The van der Waals surface area contributed by atoms with Gasteiger partial charge in [-0.05, 0) is 38.4 Å². The van der Waals surface area contributed by atoms with Gasteiger partial charge >= 0.3 is 0 Å². The Kier molecular flexibility index (Phi) is 5.37. The van der Waals surface area contributed by atoms with Crippen molar-refractivity contribution < 1.29 is 12.8 Å². The lowest BCUT2D eigenvalue weighted by molar-refractivity contribution is 0.375. The van der Waals surface area contributed by atoms with Gasteiger partial charge in [0.15, 0.2) is 0 Å². The lowest BCUT2D eigenvalue weighted by Gasteiger charge is -2.14. The fourth-order valence-electron chi connectivity index (χ4n) is 1.76. The molecule has 0 bridgehead atoms. The monoisotopic (exact) mass is 274 g/mol. The van der Waals surface area contributed by atoms with E-state index in [-0.39, 0.29) is 5.09 Å². The minimum absolute atomic E-state index is 0.0432. The maximum atomic E-state index is 11.5. The fourth-order valence-corrected chi connectivity index (χ4v) is 2.43. The van der Waals surface area contributed by atoms with Gasteiger partial charge in [-0.1, -0.05) is 13.8 Å². The summed E-state index contributed by atoms with van der Waals surface area (Å²) in [7, 11) is -2.12. The van der Waals surface area contributed by atoms with Crippen LogP contribution in [0.15, 0.2) is 21.6 Å². The Hall–Kier alpha value is -0.850. The average molecular weight is 274 g/mol. The predicted molar refractivity (Wildman–Crippen MR) is 70.7 cm³/mol. The quantitative estimate of drug-likeness (QED) is 0.794. The summed E-state index contributed by atoms with van der Waals surface area (Å²) >= 11 is 0. The number of hydrogen-bond donors (Lipinski definition) is 2. The number of furan rings is 1. The van der Waals surface area contributed by atoms with E-state index in [1.54, 1.807) is 6.07 Å². The Morgan fingerprint density at radius 3 is 2.50 bits per heavy atom. The first-order valence-corrected chi connectivity index (χ1v) is 7.59. The van der Waals surface area contributed by atoms with E-state index in [2.05, 4.69) is 30.8 Å². The van der Waals surface area contributed by atoms with E-state index in [1.807, 2.05) is 0 Å². The summed E-state index contributed by atoms with van der Waals surface area (Å²) in [5.41, 5.74) is 0. The van der Waals surface area contributed by atoms with E-state index in [9.17, 15) is 8.42 Å². The largest absolute Gasteiger partial charge is 0.447 e. The van der Waals surface area contributed by atoms with Gasteiger partial charge in [-0.25, -0.2) is 13.1 Å². The van der Waals surface area contributed by atoms with E-state index in [1.165, 1.54) is 13.1 Å². The minimum Gasteiger partial charge on any atom is -0.447 e. The molecular weight excluding hydrogens is 252 g/mol. The van der Waals surface area contributed by atoms with Gasteiger partial charge in [-0.15, -0.1) is 0 Å². The molecule has 0 aliphatic rings. The van der Waals surface area contributed by atoms with Gasteiger partial charge in [0.2, 0.25) is 5.09 Å². The van der Waals surface area contributed by atoms with Gasteiger partial charge in [0, 0.05) is 6.04 Å². The minimum atomic E-state index is -3.48. The second kappa shape index (κ2) is 6.36. The van der Waals surface area contributed by atoms with Crippen LogP contribution >= 0.6 is 0 Å². The molecule has 0 saturated heterocycles. The molecule has 6 heteroatoms. The van der Waals surface area contributed by atoms with Crippen molar-refractivity contribution in [1.29, 1.82) is 0 Å². The summed E-state index contributed by atoms with van der Waals surface area (Å²) in [5, 5.41) is 3.26. The molecular formula is C12H22N2O3S. The van der Waals surface area contributed by atoms with Crippen LogP contribution in [0.5, 0.6) is 0 Å². The van der Waals surface area contributed by atoms with E-state index < -0.39 is 10.0 Å². The molecule has 18 heavy (non-hydrogen) atoms. The number of rotatable bonds is 7. The highest BCUT2D eigenvalue weighted by molar-refractivity contribution is 7.89. The summed E-state index contributed by atoms with van der Waals surface area (Å²) in [6.07, 6.45) is 1.07. The standard InChI is InChI=1S/C12H22N2O3S/c1-9(2)7-10(3)14-8-11-5-6-12(17-11)18(15,16)13-4/h5-6,9-10,13-14H,7-8H2,1-4H3. The molecule has 0 radical (unpaired) electrons. The highest BCUT2D eigenvalue weighted by Crippen LogP contribution is 2.13. The van der Waals surface area contributed by atoms with Gasteiger partial charge in [-0.2, -0.15) is 0 Å². The van der Waals surface area contributed by atoms with Gasteiger partial charge in [0.1, 0.15) is 5.76 Å².